The molecule has 0 unspecified atom stereocenters. The molecule has 3 rings (SSSR count). The number of piperazine rings is 1. The van der Waals surface area contributed by atoms with Gasteiger partial charge < -0.3 is 5.11 Å². The lowest BCUT2D eigenvalue weighted by Gasteiger charge is -2.33. The van der Waals surface area contributed by atoms with Crippen LogP contribution in [0, 0.1) is 10.1 Å². The van der Waals surface area contributed by atoms with E-state index < -0.39 is 0 Å². The van der Waals surface area contributed by atoms with Gasteiger partial charge in [0.1, 0.15) is 5.01 Å². The van der Waals surface area contributed by atoms with Gasteiger partial charge in [0.25, 0.3) is 5.69 Å². The Kier molecular flexibility index (Phi) is 5.52. The van der Waals surface area contributed by atoms with Gasteiger partial charge in [0, 0.05) is 62.3 Å². The van der Waals surface area contributed by atoms with Crippen LogP contribution in [-0.4, -0.2) is 64.1 Å². The maximum atomic E-state index is 10.9. The Hall–Kier alpha value is -1.87. The number of hydrogen-bond acceptors (Lipinski definition) is 7. The summed E-state index contributed by atoms with van der Waals surface area (Å²) in [6, 6.07) is 6.60. The van der Waals surface area contributed by atoms with Crippen LogP contribution in [0.4, 0.5) is 5.69 Å². The molecule has 2 aromatic rings. The molecule has 0 bridgehead atoms. The molecule has 1 aromatic heterocycles. The average Bonchev–Trinajstić information content (AvgIpc) is 3.05. The lowest BCUT2D eigenvalue weighted by molar-refractivity contribution is -0.384. The fourth-order valence-corrected chi connectivity index (χ4v) is 3.61. The van der Waals surface area contributed by atoms with Gasteiger partial charge in [0.05, 0.1) is 17.2 Å². The minimum atomic E-state index is -0.385. The van der Waals surface area contributed by atoms with E-state index in [0.717, 1.165) is 55.5 Å². The quantitative estimate of drug-likeness (QED) is 0.633. The van der Waals surface area contributed by atoms with Crippen molar-refractivity contribution in [2.24, 2.45) is 0 Å². The molecule has 0 radical (unpaired) electrons. The molecular formula is C16H20N4O3S. The Morgan fingerprint density at radius 3 is 2.71 bits per heavy atom. The first-order chi connectivity index (χ1) is 11.7. The molecule has 7 nitrogen and oxygen atoms in total. The smallest absolute Gasteiger partial charge is 0.270 e. The molecule has 128 valence electrons. The van der Waals surface area contributed by atoms with Crippen LogP contribution in [0.3, 0.4) is 0 Å². The maximum Gasteiger partial charge on any atom is 0.270 e. The SMILES string of the molecule is O=[N+]([O-])c1cccc(-c2nc(CN3CCN(CCO)CC3)cs2)c1. The summed E-state index contributed by atoms with van der Waals surface area (Å²) < 4.78 is 0. The third-order valence-corrected chi connectivity index (χ3v) is 5.06. The topological polar surface area (TPSA) is 82.7 Å². The summed E-state index contributed by atoms with van der Waals surface area (Å²) in [4.78, 5) is 19.7. The van der Waals surface area contributed by atoms with E-state index in [4.69, 9.17) is 5.11 Å². The Labute approximate surface area is 144 Å². The minimum Gasteiger partial charge on any atom is -0.395 e. The highest BCUT2D eigenvalue weighted by Gasteiger charge is 2.18. The summed E-state index contributed by atoms with van der Waals surface area (Å²) in [6.45, 7) is 5.58. The molecule has 1 aliphatic heterocycles. The lowest BCUT2D eigenvalue weighted by Crippen LogP contribution is -2.46. The number of aromatic nitrogens is 1. The van der Waals surface area contributed by atoms with Crippen molar-refractivity contribution < 1.29 is 10.0 Å². The zero-order valence-electron chi connectivity index (χ0n) is 13.3. The number of rotatable bonds is 6. The van der Waals surface area contributed by atoms with E-state index in [9.17, 15) is 10.1 Å². The largest absolute Gasteiger partial charge is 0.395 e. The Morgan fingerprint density at radius 2 is 2.00 bits per heavy atom. The Balaban J connectivity index is 1.62. The fraction of sp³-hybridized carbons (Fsp3) is 0.438. The number of benzene rings is 1. The summed E-state index contributed by atoms with van der Waals surface area (Å²) in [5.41, 5.74) is 1.87. The van der Waals surface area contributed by atoms with E-state index in [1.807, 2.05) is 11.4 Å². The number of hydrogen-bond donors (Lipinski definition) is 1. The van der Waals surface area contributed by atoms with Gasteiger partial charge >= 0.3 is 0 Å². The second-order valence-electron chi connectivity index (χ2n) is 5.79. The zero-order chi connectivity index (χ0) is 16.9. The third kappa shape index (κ3) is 4.15. The van der Waals surface area contributed by atoms with Crippen molar-refractivity contribution in [1.29, 1.82) is 0 Å². The van der Waals surface area contributed by atoms with Crippen LogP contribution in [0.1, 0.15) is 5.69 Å². The van der Waals surface area contributed by atoms with Crippen molar-refractivity contribution in [3.8, 4) is 10.6 Å². The minimum absolute atomic E-state index is 0.0873. The van der Waals surface area contributed by atoms with Crippen molar-refractivity contribution >= 4 is 17.0 Å². The molecule has 1 saturated heterocycles. The second kappa shape index (κ2) is 7.80. The number of aliphatic hydroxyl groups excluding tert-OH is 1. The van der Waals surface area contributed by atoms with Crippen LogP contribution in [0.5, 0.6) is 0 Å². The van der Waals surface area contributed by atoms with E-state index in [2.05, 4.69) is 14.8 Å². The highest BCUT2D eigenvalue weighted by atomic mass is 32.1. The third-order valence-electron chi connectivity index (χ3n) is 4.12. The standard InChI is InChI=1S/C16H20N4O3S/c21-9-8-18-4-6-19(7-5-18)11-14-12-24-16(17-14)13-2-1-3-15(10-13)20(22)23/h1-3,10,12,21H,4-9,11H2. The summed E-state index contributed by atoms with van der Waals surface area (Å²) >= 11 is 1.52. The van der Waals surface area contributed by atoms with Gasteiger partial charge in [-0.25, -0.2) is 4.98 Å². The van der Waals surface area contributed by atoms with Gasteiger partial charge in [0.15, 0.2) is 0 Å². The summed E-state index contributed by atoms with van der Waals surface area (Å²) in [6.07, 6.45) is 0. The molecular weight excluding hydrogens is 328 g/mol. The van der Waals surface area contributed by atoms with Crippen molar-refractivity contribution in [2.75, 3.05) is 39.3 Å². The predicted octanol–water partition coefficient (Wildman–Crippen LogP) is 1.83. The van der Waals surface area contributed by atoms with Gasteiger partial charge in [-0.15, -0.1) is 11.3 Å². The van der Waals surface area contributed by atoms with Gasteiger partial charge in [-0.2, -0.15) is 0 Å². The van der Waals surface area contributed by atoms with Crippen LogP contribution >= 0.6 is 11.3 Å². The molecule has 0 amide bonds. The van der Waals surface area contributed by atoms with Crippen LogP contribution in [0.15, 0.2) is 29.6 Å². The molecule has 0 saturated carbocycles. The monoisotopic (exact) mass is 348 g/mol. The number of nitrogens with zero attached hydrogens (tertiary/aromatic N) is 4. The lowest BCUT2D eigenvalue weighted by atomic mass is 10.2. The molecule has 2 heterocycles. The van der Waals surface area contributed by atoms with E-state index in [1.54, 1.807) is 12.1 Å². The second-order valence-corrected chi connectivity index (χ2v) is 6.65. The van der Waals surface area contributed by atoms with Crippen LogP contribution < -0.4 is 0 Å². The van der Waals surface area contributed by atoms with Crippen LogP contribution in [0.2, 0.25) is 0 Å². The van der Waals surface area contributed by atoms with E-state index >= 15 is 0 Å². The number of aliphatic hydroxyl groups is 1. The molecule has 0 spiro atoms. The zero-order valence-corrected chi connectivity index (χ0v) is 14.1. The van der Waals surface area contributed by atoms with Gasteiger partial charge in [-0.05, 0) is 0 Å². The molecule has 1 N–H and O–H groups in total. The van der Waals surface area contributed by atoms with Crippen molar-refractivity contribution in [2.45, 2.75) is 6.54 Å². The molecule has 24 heavy (non-hydrogen) atoms. The normalized spacial score (nSPS) is 16.4. The molecule has 0 atom stereocenters. The Morgan fingerprint density at radius 1 is 1.25 bits per heavy atom. The number of β-amino-alcohol motifs (C(OH)–C–C–N with tert-alkyl or cyclic N) is 1. The first kappa shape index (κ1) is 17.0. The van der Waals surface area contributed by atoms with Crippen LogP contribution in [0.25, 0.3) is 10.6 Å². The van der Waals surface area contributed by atoms with Crippen molar-refractivity contribution in [3.05, 3.63) is 45.5 Å². The highest BCUT2D eigenvalue weighted by molar-refractivity contribution is 7.13. The first-order valence-electron chi connectivity index (χ1n) is 7.90. The fourth-order valence-electron chi connectivity index (χ4n) is 2.81. The molecule has 1 aromatic carbocycles. The number of nitro benzene ring substituents is 1. The van der Waals surface area contributed by atoms with Crippen molar-refractivity contribution in [1.82, 2.24) is 14.8 Å². The number of non-ortho nitro benzene ring substituents is 1. The van der Waals surface area contributed by atoms with Gasteiger partial charge in [0.2, 0.25) is 0 Å². The average molecular weight is 348 g/mol. The Bertz CT molecular complexity index is 698. The number of thiazole rings is 1. The molecule has 1 fully saturated rings. The maximum absolute atomic E-state index is 10.9. The van der Waals surface area contributed by atoms with E-state index in [0.29, 0.717) is 0 Å². The summed E-state index contributed by atoms with van der Waals surface area (Å²) in [5, 5.41) is 22.7. The number of nitro groups is 1. The predicted molar refractivity (Wildman–Crippen MR) is 93.0 cm³/mol. The summed E-state index contributed by atoms with van der Waals surface area (Å²) in [5.74, 6) is 0. The molecule has 1 aliphatic rings. The van der Waals surface area contributed by atoms with Gasteiger partial charge in [-0.3, -0.25) is 19.9 Å². The van der Waals surface area contributed by atoms with E-state index in [1.165, 1.54) is 17.4 Å². The van der Waals surface area contributed by atoms with E-state index in [-0.39, 0.29) is 17.2 Å². The van der Waals surface area contributed by atoms with Crippen LogP contribution in [-0.2, 0) is 6.54 Å². The first-order valence-corrected chi connectivity index (χ1v) is 8.78. The molecule has 8 heteroatoms. The highest BCUT2D eigenvalue weighted by Crippen LogP contribution is 2.27. The summed E-state index contributed by atoms with van der Waals surface area (Å²) in [7, 11) is 0. The van der Waals surface area contributed by atoms with Gasteiger partial charge in [-0.1, -0.05) is 12.1 Å². The van der Waals surface area contributed by atoms with Crippen molar-refractivity contribution in [3.63, 3.8) is 0 Å². The molecule has 0 aliphatic carbocycles.